The molecule has 2 aromatic rings. The number of halogens is 1. The first-order valence-electron chi connectivity index (χ1n) is 6.78. The summed E-state index contributed by atoms with van der Waals surface area (Å²) in [5, 5.41) is 3.33. The molecule has 0 fully saturated rings. The fraction of sp³-hybridized carbons (Fsp3) is 0.312. The lowest BCUT2D eigenvalue weighted by Crippen LogP contribution is -2.21. The second-order valence-electron chi connectivity index (χ2n) is 4.88. The Morgan fingerprint density at radius 3 is 2.81 bits per heavy atom. The second-order valence-corrected chi connectivity index (χ2v) is 5.73. The number of anilines is 1. The molecule has 0 atom stereocenters. The lowest BCUT2D eigenvalue weighted by atomic mass is 10.1. The van der Waals surface area contributed by atoms with Gasteiger partial charge in [0.05, 0.1) is 12.3 Å². The first kappa shape index (κ1) is 15.8. The summed E-state index contributed by atoms with van der Waals surface area (Å²) in [6, 6.07) is 9.65. The monoisotopic (exact) mass is 350 g/mol. The minimum atomic E-state index is -0.0179. The number of rotatable bonds is 6. The zero-order valence-corrected chi connectivity index (χ0v) is 13.8. The van der Waals surface area contributed by atoms with E-state index < -0.39 is 0 Å². The van der Waals surface area contributed by atoms with Gasteiger partial charge >= 0.3 is 0 Å². The summed E-state index contributed by atoms with van der Waals surface area (Å²) in [6.45, 7) is 3.85. The average Bonchev–Trinajstić information content (AvgIpc) is 2.48. The number of hydrogen-bond acceptors (Lipinski definition) is 3. The largest absolute Gasteiger partial charge is 0.383 e. The third-order valence-corrected chi connectivity index (χ3v) is 4.11. The van der Waals surface area contributed by atoms with E-state index >= 15 is 0 Å². The summed E-state index contributed by atoms with van der Waals surface area (Å²) in [6.07, 6.45) is 1.82. The Morgan fingerprint density at radius 1 is 1.29 bits per heavy atom. The number of aromatic nitrogens is 1. The molecule has 1 aromatic carbocycles. The van der Waals surface area contributed by atoms with E-state index in [1.165, 1.54) is 11.1 Å². The third-order valence-electron chi connectivity index (χ3n) is 3.25. The maximum atomic E-state index is 11.7. The van der Waals surface area contributed by atoms with Gasteiger partial charge in [-0.15, -0.1) is 0 Å². The fourth-order valence-electron chi connectivity index (χ4n) is 1.95. The summed E-state index contributed by atoms with van der Waals surface area (Å²) in [4.78, 5) is 11.7. The van der Waals surface area contributed by atoms with Crippen molar-refractivity contribution in [3.05, 3.63) is 62.5 Å². The van der Waals surface area contributed by atoms with E-state index in [4.69, 9.17) is 4.74 Å². The number of pyridine rings is 1. The fourth-order valence-corrected chi connectivity index (χ4v) is 2.38. The second kappa shape index (κ2) is 7.43. The molecule has 0 amide bonds. The van der Waals surface area contributed by atoms with Crippen LogP contribution in [0.1, 0.15) is 11.1 Å². The molecule has 0 unspecified atom stereocenters. The van der Waals surface area contributed by atoms with Gasteiger partial charge in [0.25, 0.3) is 5.56 Å². The first-order valence-corrected chi connectivity index (χ1v) is 7.58. The number of benzene rings is 1. The molecule has 1 heterocycles. The van der Waals surface area contributed by atoms with Crippen LogP contribution in [0.3, 0.4) is 0 Å². The van der Waals surface area contributed by atoms with Crippen molar-refractivity contribution in [1.29, 1.82) is 0 Å². The molecule has 0 spiro atoms. The van der Waals surface area contributed by atoms with Crippen LogP contribution in [-0.4, -0.2) is 18.3 Å². The number of nitrogens with one attached hydrogen (secondary N) is 1. The highest BCUT2D eigenvalue weighted by Crippen LogP contribution is 2.18. The Labute approximate surface area is 132 Å². The van der Waals surface area contributed by atoms with Crippen LogP contribution in [-0.2, 0) is 17.8 Å². The van der Waals surface area contributed by atoms with Crippen molar-refractivity contribution in [1.82, 2.24) is 4.57 Å². The molecule has 0 aliphatic heterocycles. The zero-order chi connectivity index (χ0) is 15.2. The standard InChI is InChI=1S/C16H19BrN2O2/c1-12-3-4-13(9-15(12)17)10-18-14-5-6-16(20)19(11-14)7-8-21-2/h3-6,9,11,18H,7-8,10H2,1-2H3. The quantitative estimate of drug-likeness (QED) is 0.869. The number of methoxy groups -OCH3 is 1. The molecule has 21 heavy (non-hydrogen) atoms. The first-order chi connectivity index (χ1) is 10.1. The molecule has 0 saturated carbocycles. The molecular weight excluding hydrogens is 332 g/mol. The maximum Gasteiger partial charge on any atom is 0.250 e. The molecule has 0 aliphatic carbocycles. The van der Waals surface area contributed by atoms with Crippen LogP contribution >= 0.6 is 15.9 Å². The molecule has 1 aromatic heterocycles. The Bertz CT molecular complexity index is 668. The molecule has 0 radical (unpaired) electrons. The van der Waals surface area contributed by atoms with Crippen LogP contribution in [0.2, 0.25) is 0 Å². The lowest BCUT2D eigenvalue weighted by molar-refractivity contribution is 0.186. The van der Waals surface area contributed by atoms with Crippen molar-refractivity contribution >= 4 is 21.6 Å². The zero-order valence-electron chi connectivity index (χ0n) is 12.2. The van der Waals surface area contributed by atoms with E-state index in [1.807, 2.05) is 6.20 Å². The summed E-state index contributed by atoms with van der Waals surface area (Å²) >= 11 is 3.53. The SMILES string of the molecule is COCCn1cc(NCc2ccc(C)c(Br)c2)ccc1=O. The van der Waals surface area contributed by atoms with E-state index in [1.54, 1.807) is 23.8 Å². The van der Waals surface area contributed by atoms with Gasteiger partial charge in [0.2, 0.25) is 0 Å². The lowest BCUT2D eigenvalue weighted by Gasteiger charge is -2.11. The number of hydrogen-bond donors (Lipinski definition) is 1. The average molecular weight is 351 g/mol. The van der Waals surface area contributed by atoms with E-state index in [2.05, 4.69) is 46.4 Å². The number of aryl methyl sites for hydroxylation is 1. The summed E-state index contributed by atoms with van der Waals surface area (Å²) < 4.78 is 7.76. The third kappa shape index (κ3) is 4.44. The molecule has 1 N–H and O–H groups in total. The molecule has 112 valence electrons. The summed E-state index contributed by atoms with van der Waals surface area (Å²) in [5.74, 6) is 0. The van der Waals surface area contributed by atoms with Gasteiger partial charge in [0, 0.05) is 36.9 Å². The van der Waals surface area contributed by atoms with Gasteiger partial charge in [-0.3, -0.25) is 4.79 Å². The molecule has 2 rings (SSSR count). The van der Waals surface area contributed by atoms with Crippen molar-refractivity contribution in [2.75, 3.05) is 19.0 Å². The molecule has 4 nitrogen and oxygen atoms in total. The predicted molar refractivity (Wildman–Crippen MR) is 88.8 cm³/mol. The highest BCUT2D eigenvalue weighted by molar-refractivity contribution is 9.10. The van der Waals surface area contributed by atoms with E-state index in [0.717, 1.165) is 10.2 Å². The van der Waals surface area contributed by atoms with Gasteiger partial charge in [-0.25, -0.2) is 0 Å². The van der Waals surface area contributed by atoms with Crippen LogP contribution in [0.5, 0.6) is 0 Å². The van der Waals surface area contributed by atoms with E-state index in [0.29, 0.717) is 19.7 Å². The smallest absolute Gasteiger partial charge is 0.250 e. The summed E-state index contributed by atoms with van der Waals surface area (Å²) in [7, 11) is 1.63. The minimum Gasteiger partial charge on any atom is -0.383 e. The molecule has 0 saturated heterocycles. The van der Waals surface area contributed by atoms with E-state index in [-0.39, 0.29) is 5.56 Å². The highest BCUT2D eigenvalue weighted by atomic mass is 79.9. The number of ether oxygens (including phenoxy) is 1. The van der Waals surface area contributed by atoms with Gasteiger partial charge in [0.1, 0.15) is 0 Å². The van der Waals surface area contributed by atoms with Gasteiger partial charge in [-0.05, 0) is 30.2 Å². The highest BCUT2D eigenvalue weighted by Gasteiger charge is 2.01. The Balaban J connectivity index is 2.05. The van der Waals surface area contributed by atoms with Crippen LogP contribution in [0.25, 0.3) is 0 Å². The molecule has 5 heteroatoms. The number of nitrogens with zero attached hydrogens (tertiary/aromatic N) is 1. The Morgan fingerprint density at radius 2 is 2.10 bits per heavy atom. The van der Waals surface area contributed by atoms with Gasteiger partial charge < -0.3 is 14.6 Å². The van der Waals surface area contributed by atoms with Gasteiger partial charge in [-0.1, -0.05) is 28.1 Å². The van der Waals surface area contributed by atoms with Crippen molar-refractivity contribution in [2.24, 2.45) is 0 Å². The summed E-state index contributed by atoms with van der Waals surface area (Å²) in [5.41, 5.74) is 3.30. The topological polar surface area (TPSA) is 43.3 Å². The molecular formula is C16H19BrN2O2. The van der Waals surface area contributed by atoms with Gasteiger partial charge in [0.15, 0.2) is 0 Å². The normalized spacial score (nSPS) is 10.6. The molecule has 0 aliphatic rings. The van der Waals surface area contributed by atoms with Crippen LogP contribution in [0.4, 0.5) is 5.69 Å². The van der Waals surface area contributed by atoms with Crippen molar-refractivity contribution < 1.29 is 4.74 Å². The Hall–Kier alpha value is -1.59. The van der Waals surface area contributed by atoms with Crippen molar-refractivity contribution in [2.45, 2.75) is 20.0 Å². The van der Waals surface area contributed by atoms with Crippen LogP contribution in [0, 0.1) is 6.92 Å². The predicted octanol–water partition coefficient (Wildman–Crippen LogP) is 3.18. The van der Waals surface area contributed by atoms with Crippen molar-refractivity contribution in [3.8, 4) is 0 Å². The van der Waals surface area contributed by atoms with Crippen LogP contribution in [0.15, 0.2) is 45.8 Å². The molecule has 0 bridgehead atoms. The van der Waals surface area contributed by atoms with Crippen molar-refractivity contribution in [3.63, 3.8) is 0 Å². The van der Waals surface area contributed by atoms with Crippen LogP contribution < -0.4 is 10.9 Å². The Kier molecular flexibility index (Phi) is 5.59. The maximum absolute atomic E-state index is 11.7. The minimum absolute atomic E-state index is 0.0179. The van der Waals surface area contributed by atoms with Gasteiger partial charge in [-0.2, -0.15) is 0 Å². The van der Waals surface area contributed by atoms with E-state index in [9.17, 15) is 4.79 Å².